The molecule has 1 aliphatic heterocycles. The van der Waals surface area contributed by atoms with Gasteiger partial charge in [0.1, 0.15) is 6.61 Å². The molecule has 0 aromatic heterocycles. The van der Waals surface area contributed by atoms with Crippen molar-refractivity contribution in [3.8, 4) is 0 Å². The normalized spacial score (nSPS) is 22.4. The van der Waals surface area contributed by atoms with Gasteiger partial charge in [0.15, 0.2) is 0 Å². The minimum Gasteiger partial charge on any atom is -0.450 e. The standard InChI is InChI=1S/C13H24O4/c1-2-3-4-5-6-7-8-9-10-13(11-16-13)17-12(14)15/h2-11H2,1H3,(H,14,15)/t13-/m1/s1. The number of unbranched alkanes of at least 4 members (excludes halogenated alkanes) is 7. The van der Waals surface area contributed by atoms with Crippen LogP contribution in [0.4, 0.5) is 4.79 Å². The fourth-order valence-corrected chi connectivity index (χ4v) is 2.02. The molecular formula is C13H24O4. The molecule has 0 spiro atoms. The summed E-state index contributed by atoms with van der Waals surface area (Å²) in [7, 11) is 0. The first kappa shape index (κ1) is 14.3. The summed E-state index contributed by atoms with van der Waals surface area (Å²) in [6.07, 6.45) is 9.39. The molecule has 1 rings (SSSR count). The van der Waals surface area contributed by atoms with Crippen molar-refractivity contribution in [2.45, 2.75) is 70.5 Å². The van der Waals surface area contributed by atoms with Crippen molar-refractivity contribution in [1.29, 1.82) is 0 Å². The van der Waals surface area contributed by atoms with Crippen LogP contribution in [0.5, 0.6) is 0 Å². The molecule has 4 nitrogen and oxygen atoms in total. The first-order valence-corrected chi connectivity index (χ1v) is 6.74. The van der Waals surface area contributed by atoms with Crippen molar-refractivity contribution in [1.82, 2.24) is 0 Å². The van der Waals surface area contributed by atoms with Crippen molar-refractivity contribution < 1.29 is 19.4 Å². The lowest BCUT2D eigenvalue weighted by molar-refractivity contribution is -0.0244. The van der Waals surface area contributed by atoms with Crippen LogP contribution in [-0.4, -0.2) is 23.7 Å². The molecule has 0 aromatic rings. The minimum atomic E-state index is -1.23. The Morgan fingerprint density at radius 1 is 1.18 bits per heavy atom. The molecule has 1 N–H and O–H groups in total. The zero-order valence-electron chi connectivity index (χ0n) is 10.7. The molecule has 0 aromatic carbocycles. The van der Waals surface area contributed by atoms with Crippen molar-refractivity contribution in [2.75, 3.05) is 6.61 Å². The third-order valence-electron chi connectivity index (χ3n) is 3.15. The van der Waals surface area contributed by atoms with Crippen molar-refractivity contribution in [3.63, 3.8) is 0 Å². The van der Waals surface area contributed by atoms with E-state index < -0.39 is 11.9 Å². The van der Waals surface area contributed by atoms with E-state index in [4.69, 9.17) is 14.6 Å². The zero-order valence-corrected chi connectivity index (χ0v) is 10.7. The smallest absolute Gasteiger partial charge is 0.450 e. The highest BCUT2D eigenvalue weighted by atomic mass is 16.8. The summed E-state index contributed by atoms with van der Waals surface area (Å²) in [6, 6.07) is 0. The van der Waals surface area contributed by atoms with Crippen LogP contribution < -0.4 is 0 Å². The number of epoxide rings is 1. The fraction of sp³-hybridized carbons (Fsp3) is 0.923. The van der Waals surface area contributed by atoms with E-state index in [9.17, 15) is 4.79 Å². The Bertz CT molecular complexity index is 223. The predicted octanol–water partition coefficient (Wildman–Crippen LogP) is 3.94. The minimum absolute atomic E-state index is 0.426. The van der Waals surface area contributed by atoms with Crippen molar-refractivity contribution in [2.24, 2.45) is 0 Å². The van der Waals surface area contributed by atoms with Gasteiger partial charge in [-0.25, -0.2) is 4.79 Å². The quantitative estimate of drug-likeness (QED) is 0.359. The number of carbonyl (C=O) groups is 1. The lowest BCUT2D eigenvalue weighted by atomic mass is 10.1. The van der Waals surface area contributed by atoms with Gasteiger partial charge in [-0.1, -0.05) is 51.9 Å². The summed E-state index contributed by atoms with van der Waals surface area (Å²) >= 11 is 0. The molecule has 0 saturated carbocycles. The summed E-state index contributed by atoms with van der Waals surface area (Å²) in [5, 5.41) is 8.51. The fourth-order valence-electron chi connectivity index (χ4n) is 2.02. The topological polar surface area (TPSA) is 59.1 Å². The number of rotatable bonds is 10. The maximum absolute atomic E-state index is 10.4. The lowest BCUT2D eigenvalue weighted by Crippen LogP contribution is -2.19. The van der Waals surface area contributed by atoms with Crippen LogP contribution in [0, 0.1) is 0 Å². The summed E-state index contributed by atoms with van der Waals surface area (Å²) < 4.78 is 9.77. The van der Waals surface area contributed by atoms with Crippen LogP contribution in [0.2, 0.25) is 0 Å². The molecule has 1 saturated heterocycles. The molecule has 0 bridgehead atoms. The first-order valence-electron chi connectivity index (χ1n) is 6.74. The van der Waals surface area contributed by atoms with Crippen molar-refractivity contribution >= 4 is 6.16 Å². The summed E-state index contributed by atoms with van der Waals surface area (Å²) in [5.74, 6) is -0.784. The number of ether oxygens (including phenoxy) is 2. The second kappa shape index (κ2) is 7.54. The Morgan fingerprint density at radius 2 is 1.71 bits per heavy atom. The molecule has 1 atom stereocenters. The first-order chi connectivity index (χ1) is 8.18. The molecule has 0 amide bonds. The van der Waals surface area contributed by atoms with Gasteiger partial charge in [-0.15, -0.1) is 0 Å². The van der Waals surface area contributed by atoms with E-state index in [-0.39, 0.29) is 0 Å². The molecular weight excluding hydrogens is 220 g/mol. The second-order valence-corrected chi connectivity index (χ2v) is 4.79. The van der Waals surface area contributed by atoms with Gasteiger partial charge in [0.2, 0.25) is 5.79 Å². The van der Waals surface area contributed by atoms with Gasteiger partial charge in [0.05, 0.1) is 0 Å². The van der Waals surface area contributed by atoms with Gasteiger partial charge in [-0.05, 0) is 6.42 Å². The highest BCUT2D eigenvalue weighted by Crippen LogP contribution is 2.34. The van der Waals surface area contributed by atoms with Gasteiger partial charge < -0.3 is 14.6 Å². The third kappa shape index (κ3) is 6.51. The van der Waals surface area contributed by atoms with E-state index in [0.29, 0.717) is 13.0 Å². The van der Waals surface area contributed by atoms with Crippen LogP contribution in [0.1, 0.15) is 64.7 Å². The van der Waals surface area contributed by atoms with Crippen LogP contribution in [-0.2, 0) is 9.47 Å². The summed E-state index contributed by atoms with van der Waals surface area (Å²) in [4.78, 5) is 10.4. The van der Waals surface area contributed by atoms with E-state index in [1.165, 1.54) is 38.5 Å². The molecule has 1 aliphatic rings. The Hall–Kier alpha value is -0.770. The molecule has 0 radical (unpaired) electrons. The monoisotopic (exact) mass is 244 g/mol. The molecule has 0 unspecified atom stereocenters. The van der Waals surface area contributed by atoms with Gasteiger partial charge in [0.25, 0.3) is 0 Å². The van der Waals surface area contributed by atoms with Crippen molar-refractivity contribution in [3.05, 3.63) is 0 Å². The van der Waals surface area contributed by atoms with E-state index in [1.807, 2.05) is 0 Å². The average molecular weight is 244 g/mol. The highest BCUT2D eigenvalue weighted by Gasteiger charge is 2.48. The molecule has 1 heterocycles. The second-order valence-electron chi connectivity index (χ2n) is 4.79. The molecule has 17 heavy (non-hydrogen) atoms. The van der Waals surface area contributed by atoms with Gasteiger partial charge >= 0.3 is 6.16 Å². The van der Waals surface area contributed by atoms with Gasteiger partial charge in [0, 0.05) is 6.42 Å². The number of hydrogen-bond acceptors (Lipinski definition) is 3. The zero-order chi connectivity index (χ0) is 12.6. The molecule has 0 aliphatic carbocycles. The van der Waals surface area contributed by atoms with Crippen LogP contribution in [0.25, 0.3) is 0 Å². The maximum atomic E-state index is 10.4. The highest BCUT2D eigenvalue weighted by molar-refractivity contribution is 5.57. The average Bonchev–Trinajstić information content (AvgIpc) is 3.01. The van der Waals surface area contributed by atoms with Crippen LogP contribution >= 0.6 is 0 Å². The lowest BCUT2D eigenvalue weighted by Gasteiger charge is -2.09. The summed E-state index contributed by atoms with van der Waals surface area (Å²) in [6.45, 7) is 2.65. The third-order valence-corrected chi connectivity index (χ3v) is 3.15. The van der Waals surface area contributed by atoms with E-state index in [0.717, 1.165) is 12.8 Å². The maximum Gasteiger partial charge on any atom is 0.508 e. The van der Waals surface area contributed by atoms with Crippen LogP contribution in [0.15, 0.2) is 0 Å². The Morgan fingerprint density at radius 3 is 2.18 bits per heavy atom. The Labute approximate surface area is 103 Å². The Balaban J connectivity index is 1.89. The summed E-state index contributed by atoms with van der Waals surface area (Å²) in [5.41, 5.74) is 0. The van der Waals surface area contributed by atoms with Crippen LogP contribution in [0.3, 0.4) is 0 Å². The Kier molecular flexibility index (Phi) is 6.34. The molecule has 1 fully saturated rings. The van der Waals surface area contributed by atoms with Gasteiger partial charge in [-0.2, -0.15) is 0 Å². The molecule has 100 valence electrons. The predicted molar refractivity (Wildman–Crippen MR) is 65.0 cm³/mol. The SMILES string of the molecule is CCCCCCCCCC[C@@]1(OC(=O)O)CO1. The largest absolute Gasteiger partial charge is 0.508 e. The van der Waals surface area contributed by atoms with E-state index in [2.05, 4.69) is 6.92 Å². The van der Waals surface area contributed by atoms with E-state index in [1.54, 1.807) is 0 Å². The number of hydrogen-bond donors (Lipinski definition) is 1. The van der Waals surface area contributed by atoms with Gasteiger partial charge in [-0.3, -0.25) is 0 Å². The van der Waals surface area contributed by atoms with E-state index >= 15 is 0 Å². The molecule has 4 heteroatoms. The number of carboxylic acid groups (broad SMARTS) is 1.